The summed E-state index contributed by atoms with van der Waals surface area (Å²) in [5, 5.41) is 3.30. The summed E-state index contributed by atoms with van der Waals surface area (Å²) < 4.78 is 15.4. The first-order valence-electron chi connectivity index (χ1n) is 4.77. The molecule has 0 saturated carbocycles. The predicted octanol–water partition coefficient (Wildman–Crippen LogP) is 0.535. The molecule has 0 fully saturated rings. The number of hydrogen-bond acceptors (Lipinski definition) is 3. The van der Waals surface area contributed by atoms with Crippen LogP contribution in [-0.2, 0) is 6.54 Å². The molecule has 0 unspecified atom stereocenters. The van der Waals surface area contributed by atoms with Crippen molar-refractivity contribution in [3.05, 3.63) is 44.2 Å². The first-order chi connectivity index (χ1) is 8.04. The van der Waals surface area contributed by atoms with Crippen LogP contribution in [0.15, 0.2) is 22.0 Å². The van der Waals surface area contributed by atoms with Crippen molar-refractivity contribution in [2.75, 3.05) is 0 Å². The molecule has 0 bridgehead atoms. The number of halogens is 2. The molecule has 0 atom stereocenters. The predicted molar refractivity (Wildman–Crippen MR) is 59.1 cm³/mol. The Balaban J connectivity index is 2.72. The lowest BCUT2D eigenvalue weighted by Gasteiger charge is -2.01. The molecule has 2 aromatic heterocycles. The lowest BCUT2D eigenvalue weighted by Crippen LogP contribution is -2.35. The zero-order chi connectivity index (χ0) is 12.6. The maximum atomic E-state index is 13.3. The molecule has 0 aromatic carbocycles. The first-order valence-corrected chi connectivity index (χ1v) is 5.15. The molecule has 17 heavy (non-hydrogen) atoms. The minimum Gasteiger partial charge on any atom is -0.295 e. The molecule has 2 aromatic rings. The van der Waals surface area contributed by atoms with Gasteiger partial charge in [-0.2, -0.15) is 9.49 Å². The van der Waals surface area contributed by atoms with Gasteiger partial charge in [0.2, 0.25) is 5.82 Å². The second-order valence-electron chi connectivity index (χ2n) is 3.25. The van der Waals surface area contributed by atoms with Gasteiger partial charge in [0.25, 0.3) is 5.56 Å². The van der Waals surface area contributed by atoms with E-state index < -0.39 is 22.2 Å². The Morgan fingerprint density at radius 3 is 2.82 bits per heavy atom. The van der Waals surface area contributed by atoms with E-state index in [1.807, 2.05) is 11.9 Å². The zero-order valence-corrected chi connectivity index (χ0v) is 9.53. The number of hydrogen-bond donors (Lipinski definition) is 1. The van der Waals surface area contributed by atoms with Crippen LogP contribution < -0.4 is 11.2 Å². The van der Waals surface area contributed by atoms with E-state index in [4.69, 9.17) is 11.6 Å². The Hall–Kier alpha value is -1.89. The van der Waals surface area contributed by atoms with E-state index in [1.165, 1.54) is 17.1 Å². The van der Waals surface area contributed by atoms with E-state index in [9.17, 15) is 14.0 Å². The minimum atomic E-state index is -1.20. The van der Waals surface area contributed by atoms with Crippen LogP contribution >= 0.6 is 11.6 Å². The molecule has 0 aliphatic carbocycles. The largest absolute Gasteiger partial charge is 0.334 e. The van der Waals surface area contributed by atoms with Gasteiger partial charge in [-0.15, -0.1) is 0 Å². The summed E-state index contributed by atoms with van der Waals surface area (Å²) in [4.78, 5) is 25.1. The fourth-order valence-corrected chi connectivity index (χ4v) is 1.53. The molecule has 90 valence electrons. The molecule has 0 aliphatic rings. The van der Waals surface area contributed by atoms with E-state index in [-0.39, 0.29) is 5.69 Å². The number of rotatable bonds is 2. The number of aromatic nitrogens is 4. The van der Waals surface area contributed by atoms with Crippen LogP contribution in [0.1, 0.15) is 6.92 Å². The quantitative estimate of drug-likeness (QED) is 0.799. The van der Waals surface area contributed by atoms with Crippen molar-refractivity contribution >= 4 is 11.6 Å². The molecular formula is C9H8ClFN4O2. The maximum absolute atomic E-state index is 13.3. The topological polar surface area (TPSA) is 72.7 Å². The lowest BCUT2D eigenvalue weighted by molar-refractivity contribution is 0.584. The zero-order valence-electron chi connectivity index (χ0n) is 8.78. The Bertz CT molecular complexity index is 672. The highest BCUT2D eigenvalue weighted by Gasteiger charge is 2.14. The SMILES string of the molecule is CCn1cc(-n2c(=O)[nH]c(Cl)c(F)c2=O)cn1. The summed E-state index contributed by atoms with van der Waals surface area (Å²) >= 11 is 5.35. The average molecular weight is 259 g/mol. The van der Waals surface area contributed by atoms with E-state index in [0.717, 1.165) is 0 Å². The molecular weight excluding hydrogens is 251 g/mol. The van der Waals surface area contributed by atoms with Gasteiger partial charge in [0.05, 0.1) is 11.9 Å². The first kappa shape index (κ1) is 11.6. The Kier molecular flexibility index (Phi) is 2.84. The third-order valence-electron chi connectivity index (χ3n) is 2.21. The van der Waals surface area contributed by atoms with Gasteiger partial charge in [-0.3, -0.25) is 14.5 Å². The van der Waals surface area contributed by atoms with Gasteiger partial charge in [0, 0.05) is 12.7 Å². The van der Waals surface area contributed by atoms with Crippen molar-refractivity contribution in [3.63, 3.8) is 0 Å². The molecule has 0 amide bonds. The average Bonchev–Trinajstić information content (AvgIpc) is 2.74. The number of nitrogens with one attached hydrogen (secondary N) is 1. The molecule has 2 heterocycles. The van der Waals surface area contributed by atoms with Gasteiger partial charge >= 0.3 is 5.69 Å². The third-order valence-corrected chi connectivity index (χ3v) is 2.47. The van der Waals surface area contributed by atoms with Gasteiger partial charge in [-0.1, -0.05) is 11.6 Å². The molecule has 0 radical (unpaired) electrons. The van der Waals surface area contributed by atoms with Crippen LogP contribution in [0.5, 0.6) is 0 Å². The van der Waals surface area contributed by atoms with Crippen LogP contribution in [0, 0.1) is 5.82 Å². The Labute approximate surface area is 99.3 Å². The van der Waals surface area contributed by atoms with Crippen LogP contribution in [0.3, 0.4) is 0 Å². The number of H-pyrrole nitrogens is 1. The molecule has 6 nitrogen and oxygen atoms in total. The van der Waals surface area contributed by atoms with Crippen molar-refractivity contribution in [2.45, 2.75) is 13.5 Å². The molecule has 8 heteroatoms. The van der Waals surface area contributed by atoms with Crippen LogP contribution in [0.2, 0.25) is 5.15 Å². The third kappa shape index (κ3) is 1.89. The molecule has 2 rings (SSSR count). The number of aryl methyl sites for hydroxylation is 1. The van der Waals surface area contributed by atoms with Gasteiger partial charge < -0.3 is 0 Å². The van der Waals surface area contributed by atoms with E-state index in [2.05, 4.69) is 5.10 Å². The second-order valence-corrected chi connectivity index (χ2v) is 3.63. The maximum Gasteiger partial charge on any atom is 0.334 e. The summed E-state index contributed by atoms with van der Waals surface area (Å²) in [6.45, 7) is 2.41. The van der Waals surface area contributed by atoms with Gasteiger partial charge in [0.15, 0.2) is 5.15 Å². The molecule has 0 aliphatic heterocycles. The summed E-state index contributed by atoms with van der Waals surface area (Å²) in [6.07, 6.45) is 2.76. The molecule has 0 saturated heterocycles. The fraction of sp³-hybridized carbons (Fsp3) is 0.222. The monoisotopic (exact) mass is 258 g/mol. The number of aromatic amines is 1. The number of nitrogens with zero attached hydrogens (tertiary/aromatic N) is 3. The fourth-order valence-electron chi connectivity index (χ4n) is 1.36. The van der Waals surface area contributed by atoms with Crippen molar-refractivity contribution in [1.82, 2.24) is 19.3 Å². The summed E-state index contributed by atoms with van der Waals surface area (Å²) in [7, 11) is 0. The van der Waals surface area contributed by atoms with E-state index in [0.29, 0.717) is 11.1 Å². The second kappa shape index (κ2) is 4.17. The van der Waals surface area contributed by atoms with E-state index >= 15 is 0 Å². The van der Waals surface area contributed by atoms with Crippen molar-refractivity contribution in [3.8, 4) is 5.69 Å². The highest BCUT2D eigenvalue weighted by molar-refractivity contribution is 6.29. The van der Waals surface area contributed by atoms with Gasteiger partial charge in [0.1, 0.15) is 0 Å². The van der Waals surface area contributed by atoms with Crippen molar-refractivity contribution in [2.24, 2.45) is 0 Å². The van der Waals surface area contributed by atoms with Crippen LogP contribution in [-0.4, -0.2) is 19.3 Å². The Morgan fingerprint density at radius 2 is 2.24 bits per heavy atom. The van der Waals surface area contributed by atoms with Gasteiger partial charge in [-0.05, 0) is 6.92 Å². The lowest BCUT2D eigenvalue weighted by atomic mass is 10.5. The Morgan fingerprint density at radius 1 is 1.53 bits per heavy atom. The normalized spacial score (nSPS) is 10.8. The van der Waals surface area contributed by atoms with Crippen LogP contribution in [0.25, 0.3) is 5.69 Å². The summed E-state index contributed by atoms with van der Waals surface area (Å²) in [5.41, 5.74) is -1.72. The molecule has 1 N–H and O–H groups in total. The van der Waals surface area contributed by atoms with E-state index in [1.54, 1.807) is 0 Å². The van der Waals surface area contributed by atoms with Crippen molar-refractivity contribution < 1.29 is 4.39 Å². The van der Waals surface area contributed by atoms with Crippen molar-refractivity contribution in [1.29, 1.82) is 0 Å². The van der Waals surface area contributed by atoms with Crippen LogP contribution in [0.4, 0.5) is 4.39 Å². The highest BCUT2D eigenvalue weighted by atomic mass is 35.5. The standard InChI is InChI=1S/C9H8ClFN4O2/c1-2-14-4-5(3-12-14)15-8(16)6(11)7(10)13-9(15)17/h3-4H,2H2,1H3,(H,13,17). The summed E-state index contributed by atoms with van der Waals surface area (Å²) in [5.74, 6) is -1.20. The minimum absolute atomic E-state index is 0.189. The molecule has 0 spiro atoms. The smallest absolute Gasteiger partial charge is 0.295 e. The highest BCUT2D eigenvalue weighted by Crippen LogP contribution is 2.05. The summed E-state index contributed by atoms with van der Waals surface area (Å²) in [6, 6.07) is 0. The van der Waals surface area contributed by atoms with Gasteiger partial charge in [-0.25, -0.2) is 9.36 Å².